The molecule has 0 bridgehead atoms. The SMILES string of the molecule is CCOc1cncc(NC2CCC(C(=O)O)CC2)n1. The minimum atomic E-state index is -0.684. The molecule has 1 aliphatic carbocycles. The van der Waals surface area contributed by atoms with E-state index in [1.807, 2.05) is 6.92 Å². The first-order valence-electron chi connectivity index (χ1n) is 6.63. The lowest BCUT2D eigenvalue weighted by Gasteiger charge is -2.27. The largest absolute Gasteiger partial charge is 0.481 e. The van der Waals surface area contributed by atoms with Gasteiger partial charge in [0.15, 0.2) is 0 Å². The van der Waals surface area contributed by atoms with Crippen molar-refractivity contribution in [2.24, 2.45) is 5.92 Å². The molecule has 1 aromatic rings. The number of aliphatic carboxylic acids is 1. The van der Waals surface area contributed by atoms with Crippen LogP contribution < -0.4 is 10.1 Å². The van der Waals surface area contributed by atoms with Crippen LogP contribution in [0.2, 0.25) is 0 Å². The van der Waals surface area contributed by atoms with Crippen molar-refractivity contribution in [3.8, 4) is 5.88 Å². The van der Waals surface area contributed by atoms with E-state index in [9.17, 15) is 4.79 Å². The van der Waals surface area contributed by atoms with E-state index < -0.39 is 5.97 Å². The van der Waals surface area contributed by atoms with Crippen LogP contribution in [0.5, 0.6) is 5.88 Å². The van der Waals surface area contributed by atoms with E-state index in [0.717, 1.165) is 12.8 Å². The third kappa shape index (κ3) is 3.81. The summed E-state index contributed by atoms with van der Waals surface area (Å²) in [6.45, 7) is 2.46. The van der Waals surface area contributed by atoms with Gasteiger partial charge in [0.2, 0.25) is 5.88 Å². The zero-order valence-corrected chi connectivity index (χ0v) is 11.0. The number of nitrogens with one attached hydrogen (secondary N) is 1. The van der Waals surface area contributed by atoms with Gasteiger partial charge < -0.3 is 15.2 Å². The minimum Gasteiger partial charge on any atom is -0.481 e. The number of rotatable bonds is 5. The number of ether oxygens (including phenoxy) is 1. The van der Waals surface area contributed by atoms with Crippen molar-refractivity contribution in [1.29, 1.82) is 0 Å². The van der Waals surface area contributed by atoms with Gasteiger partial charge in [-0.25, -0.2) is 0 Å². The van der Waals surface area contributed by atoms with Crippen molar-refractivity contribution in [2.45, 2.75) is 38.6 Å². The van der Waals surface area contributed by atoms with Crippen molar-refractivity contribution in [1.82, 2.24) is 9.97 Å². The summed E-state index contributed by atoms with van der Waals surface area (Å²) < 4.78 is 5.29. The quantitative estimate of drug-likeness (QED) is 0.846. The Morgan fingerprint density at radius 3 is 2.79 bits per heavy atom. The van der Waals surface area contributed by atoms with Crippen LogP contribution in [0.3, 0.4) is 0 Å². The molecule has 1 aromatic heterocycles. The van der Waals surface area contributed by atoms with Gasteiger partial charge in [-0.05, 0) is 32.6 Å². The highest BCUT2D eigenvalue weighted by atomic mass is 16.5. The van der Waals surface area contributed by atoms with Crippen LogP contribution in [0, 0.1) is 5.92 Å². The first kappa shape index (κ1) is 13.6. The van der Waals surface area contributed by atoms with Crippen molar-refractivity contribution < 1.29 is 14.6 Å². The monoisotopic (exact) mass is 265 g/mol. The van der Waals surface area contributed by atoms with Gasteiger partial charge in [0.25, 0.3) is 0 Å². The number of nitrogens with zero attached hydrogens (tertiary/aromatic N) is 2. The standard InChI is InChI=1S/C13H19N3O3/c1-2-19-12-8-14-7-11(16-12)15-10-5-3-9(4-6-10)13(17)18/h7-10H,2-6H2,1H3,(H,15,16)(H,17,18). The molecule has 1 aliphatic rings. The highest BCUT2D eigenvalue weighted by molar-refractivity contribution is 5.70. The average molecular weight is 265 g/mol. The van der Waals surface area contributed by atoms with Crippen LogP contribution in [-0.2, 0) is 4.79 Å². The van der Waals surface area contributed by atoms with E-state index in [4.69, 9.17) is 9.84 Å². The van der Waals surface area contributed by atoms with Gasteiger partial charge in [-0.1, -0.05) is 0 Å². The van der Waals surface area contributed by atoms with E-state index in [2.05, 4.69) is 15.3 Å². The van der Waals surface area contributed by atoms with Gasteiger partial charge in [0.05, 0.1) is 24.9 Å². The summed E-state index contributed by atoms with van der Waals surface area (Å²) in [5.74, 6) is 0.312. The summed E-state index contributed by atoms with van der Waals surface area (Å²) >= 11 is 0. The number of carboxylic acid groups (broad SMARTS) is 1. The molecular weight excluding hydrogens is 246 g/mol. The van der Waals surface area contributed by atoms with E-state index in [1.54, 1.807) is 12.4 Å². The molecule has 1 heterocycles. The van der Waals surface area contributed by atoms with Gasteiger partial charge in [0, 0.05) is 6.04 Å². The predicted molar refractivity (Wildman–Crippen MR) is 70.2 cm³/mol. The van der Waals surface area contributed by atoms with Crippen molar-refractivity contribution in [3.63, 3.8) is 0 Å². The highest BCUT2D eigenvalue weighted by Crippen LogP contribution is 2.26. The number of carboxylic acids is 1. The number of hydrogen-bond donors (Lipinski definition) is 2. The minimum absolute atomic E-state index is 0.195. The highest BCUT2D eigenvalue weighted by Gasteiger charge is 2.25. The molecule has 0 unspecified atom stereocenters. The lowest BCUT2D eigenvalue weighted by atomic mass is 9.86. The molecule has 104 valence electrons. The number of anilines is 1. The number of hydrogen-bond acceptors (Lipinski definition) is 5. The third-order valence-electron chi connectivity index (χ3n) is 3.33. The third-order valence-corrected chi connectivity index (χ3v) is 3.33. The molecule has 6 nitrogen and oxygen atoms in total. The lowest BCUT2D eigenvalue weighted by Crippen LogP contribution is -2.29. The summed E-state index contributed by atoms with van der Waals surface area (Å²) in [7, 11) is 0. The first-order valence-corrected chi connectivity index (χ1v) is 6.63. The van der Waals surface area contributed by atoms with Gasteiger partial charge in [-0.2, -0.15) is 4.98 Å². The van der Waals surface area contributed by atoms with E-state index in [1.165, 1.54) is 0 Å². The molecule has 0 atom stereocenters. The Balaban J connectivity index is 1.88. The molecule has 2 rings (SSSR count). The van der Waals surface area contributed by atoms with Gasteiger partial charge in [-0.15, -0.1) is 0 Å². The fourth-order valence-electron chi connectivity index (χ4n) is 2.33. The molecule has 19 heavy (non-hydrogen) atoms. The summed E-state index contributed by atoms with van der Waals surface area (Å²) in [6, 6.07) is 0.266. The van der Waals surface area contributed by atoms with Crippen molar-refractivity contribution in [2.75, 3.05) is 11.9 Å². The van der Waals surface area contributed by atoms with E-state index >= 15 is 0 Å². The molecule has 0 amide bonds. The topological polar surface area (TPSA) is 84.3 Å². The molecule has 0 saturated heterocycles. The molecule has 1 saturated carbocycles. The second-order valence-electron chi connectivity index (χ2n) is 4.71. The predicted octanol–water partition coefficient (Wildman–Crippen LogP) is 1.93. The molecule has 6 heteroatoms. The summed E-state index contributed by atoms with van der Waals surface area (Å²) in [5, 5.41) is 12.2. The fourth-order valence-corrected chi connectivity index (χ4v) is 2.33. The Labute approximate surface area is 112 Å². The molecule has 2 N–H and O–H groups in total. The maximum atomic E-state index is 10.9. The van der Waals surface area contributed by atoms with Crippen LogP contribution in [0.4, 0.5) is 5.82 Å². The van der Waals surface area contributed by atoms with Crippen LogP contribution in [0.15, 0.2) is 12.4 Å². The Bertz CT molecular complexity index is 431. The Kier molecular flexibility index (Phi) is 4.54. The van der Waals surface area contributed by atoms with E-state index in [0.29, 0.717) is 31.1 Å². The number of aromatic nitrogens is 2. The van der Waals surface area contributed by atoms with Crippen LogP contribution in [0.1, 0.15) is 32.6 Å². The smallest absolute Gasteiger partial charge is 0.306 e. The van der Waals surface area contributed by atoms with Crippen LogP contribution in [-0.4, -0.2) is 33.7 Å². The van der Waals surface area contributed by atoms with E-state index in [-0.39, 0.29) is 12.0 Å². The average Bonchev–Trinajstić information content (AvgIpc) is 2.40. The Hall–Kier alpha value is -1.85. The van der Waals surface area contributed by atoms with Crippen molar-refractivity contribution in [3.05, 3.63) is 12.4 Å². The molecule has 0 radical (unpaired) electrons. The zero-order chi connectivity index (χ0) is 13.7. The lowest BCUT2D eigenvalue weighted by molar-refractivity contribution is -0.142. The molecule has 0 aromatic carbocycles. The van der Waals surface area contributed by atoms with Gasteiger partial charge in [0.1, 0.15) is 5.82 Å². The van der Waals surface area contributed by atoms with Crippen molar-refractivity contribution >= 4 is 11.8 Å². The second kappa shape index (κ2) is 6.36. The van der Waals surface area contributed by atoms with Crippen LogP contribution in [0.25, 0.3) is 0 Å². The number of carbonyl (C=O) groups is 1. The Morgan fingerprint density at radius 2 is 2.16 bits per heavy atom. The normalized spacial score (nSPS) is 22.8. The fraction of sp³-hybridized carbons (Fsp3) is 0.615. The molecule has 1 fully saturated rings. The first-order chi connectivity index (χ1) is 9.19. The summed E-state index contributed by atoms with van der Waals surface area (Å²) in [6.07, 6.45) is 6.36. The maximum Gasteiger partial charge on any atom is 0.306 e. The Morgan fingerprint density at radius 1 is 1.42 bits per heavy atom. The van der Waals surface area contributed by atoms with Gasteiger partial charge in [-0.3, -0.25) is 9.78 Å². The van der Waals surface area contributed by atoms with Gasteiger partial charge >= 0.3 is 5.97 Å². The second-order valence-corrected chi connectivity index (χ2v) is 4.71. The summed E-state index contributed by atoms with van der Waals surface area (Å²) in [5.41, 5.74) is 0. The zero-order valence-electron chi connectivity index (χ0n) is 11.0. The molecule has 0 spiro atoms. The maximum absolute atomic E-state index is 10.9. The molecule has 0 aliphatic heterocycles. The van der Waals surface area contributed by atoms with Crippen LogP contribution >= 0.6 is 0 Å². The molecular formula is C13H19N3O3. The summed E-state index contributed by atoms with van der Waals surface area (Å²) in [4.78, 5) is 19.2.